The minimum absolute atomic E-state index is 0.121. The largest absolute Gasteiger partial charge is 0.478 e. The molecule has 0 unspecified atom stereocenters. The summed E-state index contributed by atoms with van der Waals surface area (Å²) in [6, 6.07) is 6.12. The molecule has 1 aromatic carbocycles. The molecular formula is C19H26N2O5S. The normalized spacial score (nSPS) is 19.2. The van der Waals surface area contributed by atoms with Crippen molar-refractivity contribution in [1.29, 1.82) is 0 Å². The first-order valence-corrected chi connectivity index (χ1v) is 10.8. The summed E-state index contributed by atoms with van der Waals surface area (Å²) in [6.45, 7) is 4.48. The van der Waals surface area contributed by atoms with Crippen LogP contribution in [0.3, 0.4) is 0 Å². The topological polar surface area (TPSA) is 95.0 Å². The summed E-state index contributed by atoms with van der Waals surface area (Å²) in [5.41, 5.74) is -0.226. The average molecular weight is 394 g/mol. The van der Waals surface area contributed by atoms with Gasteiger partial charge >= 0.3 is 5.97 Å². The first kappa shape index (κ1) is 19.8. The monoisotopic (exact) mass is 394 g/mol. The summed E-state index contributed by atoms with van der Waals surface area (Å²) >= 11 is 0. The highest BCUT2D eigenvalue weighted by atomic mass is 32.2. The Morgan fingerprint density at radius 1 is 1.11 bits per heavy atom. The molecule has 148 valence electrons. The zero-order chi connectivity index (χ0) is 19.8. The van der Waals surface area contributed by atoms with Crippen LogP contribution in [-0.4, -0.2) is 59.8 Å². The van der Waals surface area contributed by atoms with Crippen LogP contribution in [0, 0.1) is 5.92 Å². The Balaban J connectivity index is 1.72. The number of aromatic carboxylic acids is 1. The van der Waals surface area contributed by atoms with Gasteiger partial charge in [-0.1, -0.05) is 12.1 Å². The van der Waals surface area contributed by atoms with E-state index in [1.807, 2.05) is 18.7 Å². The molecule has 27 heavy (non-hydrogen) atoms. The van der Waals surface area contributed by atoms with E-state index in [1.165, 1.54) is 28.6 Å². The van der Waals surface area contributed by atoms with E-state index in [0.717, 1.165) is 12.8 Å². The highest BCUT2D eigenvalue weighted by Gasteiger charge is 2.40. The minimum Gasteiger partial charge on any atom is -0.478 e. The van der Waals surface area contributed by atoms with Gasteiger partial charge in [0.15, 0.2) is 0 Å². The van der Waals surface area contributed by atoms with E-state index in [9.17, 15) is 23.1 Å². The molecule has 7 nitrogen and oxygen atoms in total. The lowest BCUT2D eigenvalue weighted by atomic mass is 9.96. The van der Waals surface area contributed by atoms with Gasteiger partial charge in [0, 0.05) is 31.1 Å². The third-order valence-corrected chi connectivity index (χ3v) is 7.25. The van der Waals surface area contributed by atoms with Gasteiger partial charge in [0.05, 0.1) is 10.5 Å². The summed E-state index contributed by atoms with van der Waals surface area (Å²) in [5, 5.41) is 9.28. The number of carboxylic acid groups (broad SMARTS) is 1. The van der Waals surface area contributed by atoms with Gasteiger partial charge in [0.1, 0.15) is 0 Å². The van der Waals surface area contributed by atoms with Gasteiger partial charge in [0.2, 0.25) is 15.9 Å². The zero-order valence-electron chi connectivity index (χ0n) is 15.7. The number of carboxylic acids is 1. The lowest BCUT2D eigenvalue weighted by Gasteiger charge is -2.35. The summed E-state index contributed by atoms with van der Waals surface area (Å²) in [5.74, 6) is -1.32. The Kier molecular flexibility index (Phi) is 5.58. The van der Waals surface area contributed by atoms with Crippen LogP contribution in [0.1, 0.15) is 49.9 Å². The van der Waals surface area contributed by atoms with Crippen molar-refractivity contribution in [2.75, 3.05) is 13.1 Å². The summed E-state index contributed by atoms with van der Waals surface area (Å²) in [7, 11) is -3.90. The van der Waals surface area contributed by atoms with Crippen molar-refractivity contribution in [3.63, 3.8) is 0 Å². The van der Waals surface area contributed by atoms with Gasteiger partial charge in [-0.05, 0) is 51.7 Å². The van der Waals surface area contributed by atoms with Gasteiger partial charge in [-0.3, -0.25) is 4.79 Å². The Morgan fingerprint density at radius 3 is 2.22 bits per heavy atom. The second-order valence-electron chi connectivity index (χ2n) is 7.55. The fraction of sp³-hybridized carbons (Fsp3) is 0.579. The number of sulfonamides is 1. The molecule has 1 amide bonds. The maximum Gasteiger partial charge on any atom is 0.337 e. The van der Waals surface area contributed by atoms with E-state index in [4.69, 9.17) is 0 Å². The maximum atomic E-state index is 12.9. The standard InChI is InChI=1S/C19H26N2O5S/c1-13(2)21(15-7-8-15)18(22)14-9-11-20(12-10-14)27(25,26)17-6-4-3-5-16(17)19(23)24/h3-6,13-15H,7-12H2,1-2H3,(H,23,24). The van der Waals surface area contributed by atoms with Gasteiger partial charge in [-0.2, -0.15) is 4.31 Å². The van der Waals surface area contributed by atoms with Crippen molar-refractivity contribution in [2.45, 2.75) is 56.5 Å². The molecule has 1 aliphatic heterocycles. The predicted octanol–water partition coefficient (Wildman–Crippen LogP) is 2.18. The molecule has 1 saturated heterocycles. The average Bonchev–Trinajstić information content (AvgIpc) is 3.46. The van der Waals surface area contributed by atoms with Crippen molar-refractivity contribution in [2.24, 2.45) is 5.92 Å². The summed E-state index contributed by atoms with van der Waals surface area (Å²) in [6.07, 6.45) is 3.01. The predicted molar refractivity (Wildman–Crippen MR) is 99.9 cm³/mol. The van der Waals surface area contributed by atoms with Crippen molar-refractivity contribution in [3.05, 3.63) is 29.8 Å². The number of amides is 1. The maximum absolute atomic E-state index is 12.9. The highest BCUT2D eigenvalue weighted by Crippen LogP contribution is 2.33. The number of piperidine rings is 1. The van der Waals surface area contributed by atoms with E-state index in [1.54, 1.807) is 0 Å². The molecule has 8 heteroatoms. The van der Waals surface area contributed by atoms with E-state index in [0.29, 0.717) is 18.9 Å². The van der Waals surface area contributed by atoms with Gasteiger partial charge < -0.3 is 10.0 Å². The number of nitrogens with zero attached hydrogens (tertiary/aromatic N) is 2. The van der Waals surface area contributed by atoms with Crippen molar-refractivity contribution in [3.8, 4) is 0 Å². The molecule has 2 aliphatic rings. The number of hydrogen-bond donors (Lipinski definition) is 1. The summed E-state index contributed by atoms with van der Waals surface area (Å²) in [4.78, 5) is 26.0. The Morgan fingerprint density at radius 2 is 1.70 bits per heavy atom. The molecule has 3 rings (SSSR count). The van der Waals surface area contributed by atoms with Crippen LogP contribution < -0.4 is 0 Å². The molecule has 2 fully saturated rings. The number of rotatable bonds is 6. The first-order chi connectivity index (χ1) is 12.7. The second kappa shape index (κ2) is 7.59. The minimum atomic E-state index is -3.90. The lowest BCUT2D eigenvalue weighted by molar-refractivity contribution is -0.139. The second-order valence-corrected chi connectivity index (χ2v) is 9.46. The molecule has 0 radical (unpaired) electrons. The molecule has 0 bridgehead atoms. The van der Waals surface area contributed by atoms with E-state index in [-0.39, 0.29) is 41.4 Å². The molecule has 0 aromatic heterocycles. The quantitative estimate of drug-likeness (QED) is 0.798. The number of hydrogen-bond acceptors (Lipinski definition) is 4. The third kappa shape index (κ3) is 4.01. The van der Waals surface area contributed by atoms with Gasteiger partial charge in [-0.15, -0.1) is 0 Å². The Labute approximate surface area is 160 Å². The number of benzene rings is 1. The molecule has 1 N–H and O–H groups in total. The molecule has 0 spiro atoms. The highest BCUT2D eigenvalue weighted by molar-refractivity contribution is 7.89. The molecular weight excluding hydrogens is 368 g/mol. The smallest absolute Gasteiger partial charge is 0.337 e. The third-order valence-electron chi connectivity index (χ3n) is 5.29. The van der Waals surface area contributed by atoms with Crippen LogP contribution in [0.5, 0.6) is 0 Å². The molecule has 1 heterocycles. The lowest BCUT2D eigenvalue weighted by Crippen LogP contribution is -2.47. The van der Waals surface area contributed by atoms with Crippen molar-refractivity contribution < 1.29 is 23.1 Å². The first-order valence-electron chi connectivity index (χ1n) is 9.38. The van der Waals surface area contributed by atoms with Crippen LogP contribution >= 0.6 is 0 Å². The van der Waals surface area contributed by atoms with Crippen LogP contribution in [0.4, 0.5) is 0 Å². The SMILES string of the molecule is CC(C)N(C(=O)C1CCN(S(=O)(=O)c2ccccc2C(=O)O)CC1)C1CC1. The zero-order valence-corrected chi connectivity index (χ0v) is 16.5. The fourth-order valence-electron chi connectivity index (χ4n) is 3.77. The fourth-order valence-corrected chi connectivity index (χ4v) is 5.42. The van der Waals surface area contributed by atoms with E-state index in [2.05, 4.69) is 0 Å². The number of carbonyl (C=O) groups is 2. The molecule has 0 atom stereocenters. The Hall–Kier alpha value is -1.93. The molecule has 1 saturated carbocycles. The molecule has 1 aromatic rings. The number of carbonyl (C=O) groups excluding carboxylic acids is 1. The van der Waals surface area contributed by atoms with Crippen molar-refractivity contribution in [1.82, 2.24) is 9.21 Å². The van der Waals surface area contributed by atoms with E-state index < -0.39 is 16.0 Å². The van der Waals surface area contributed by atoms with Gasteiger partial charge in [0.25, 0.3) is 0 Å². The summed E-state index contributed by atoms with van der Waals surface area (Å²) < 4.78 is 27.1. The van der Waals surface area contributed by atoms with Crippen LogP contribution in [-0.2, 0) is 14.8 Å². The van der Waals surface area contributed by atoms with Crippen LogP contribution in [0.2, 0.25) is 0 Å². The van der Waals surface area contributed by atoms with Crippen LogP contribution in [0.25, 0.3) is 0 Å². The Bertz CT molecular complexity index is 822. The molecule has 1 aliphatic carbocycles. The van der Waals surface area contributed by atoms with E-state index >= 15 is 0 Å². The van der Waals surface area contributed by atoms with Gasteiger partial charge in [-0.25, -0.2) is 13.2 Å². The van der Waals surface area contributed by atoms with Crippen LogP contribution in [0.15, 0.2) is 29.2 Å². The van der Waals surface area contributed by atoms with Crippen molar-refractivity contribution >= 4 is 21.9 Å².